The Kier molecular flexibility index (Phi) is 7.73. The smallest absolute Gasteiger partial charge is 0.339 e. The first-order valence-electron chi connectivity index (χ1n) is 8.12. The van der Waals surface area contributed by atoms with Crippen LogP contribution in [-0.2, 0) is 9.53 Å². The number of rotatable bonds is 7. The number of amides is 1. The third-order valence-electron chi connectivity index (χ3n) is 3.07. The van der Waals surface area contributed by atoms with Crippen LogP contribution < -0.4 is 14.8 Å². The summed E-state index contributed by atoms with van der Waals surface area (Å²) >= 11 is 3.38. The largest absolute Gasteiger partial charge is 0.493 e. The number of hydrogen-bond donors (Lipinski definition) is 1. The molecule has 0 bridgehead atoms. The number of ether oxygens (including phenoxy) is 3. The van der Waals surface area contributed by atoms with Gasteiger partial charge in [0.2, 0.25) is 0 Å². The zero-order valence-electron chi connectivity index (χ0n) is 15.6. The normalized spacial score (nSPS) is 12.3. The Morgan fingerprint density at radius 1 is 1.28 bits per heavy atom. The second-order valence-electron chi connectivity index (χ2n) is 6.62. The molecule has 0 aliphatic heterocycles. The third kappa shape index (κ3) is 6.57. The first-order chi connectivity index (χ1) is 11.6. The summed E-state index contributed by atoms with van der Waals surface area (Å²) in [7, 11) is 1.50. The maximum absolute atomic E-state index is 12.4. The van der Waals surface area contributed by atoms with Gasteiger partial charge in [-0.25, -0.2) is 4.79 Å². The summed E-state index contributed by atoms with van der Waals surface area (Å²) in [5, 5.41) is 2.77. The molecule has 0 unspecified atom stereocenters. The van der Waals surface area contributed by atoms with Crippen molar-refractivity contribution in [3.05, 3.63) is 22.2 Å². The maximum atomic E-state index is 12.4. The first kappa shape index (κ1) is 21.3. The lowest BCUT2D eigenvalue weighted by Crippen LogP contribution is -2.46. The van der Waals surface area contributed by atoms with Gasteiger partial charge in [-0.15, -0.1) is 0 Å². The maximum Gasteiger partial charge on any atom is 0.339 e. The Morgan fingerprint density at radius 3 is 2.44 bits per heavy atom. The van der Waals surface area contributed by atoms with Crippen LogP contribution in [0.1, 0.15) is 51.4 Å². The molecule has 1 aromatic rings. The highest BCUT2D eigenvalue weighted by Gasteiger charge is 2.24. The van der Waals surface area contributed by atoms with E-state index in [2.05, 4.69) is 21.2 Å². The number of esters is 1. The fourth-order valence-electron chi connectivity index (χ4n) is 1.94. The quantitative estimate of drug-likeness (QED) is 0.687. The van der Waals surface area contributed by atoms with E-state index < -0.39 is 17.6 Å². The Bertz CT molecular complexity index is 625. The standard InChI is InChI=1S/C18H26BrNO5/c1-7-8-24-15-13(19)9-12(10-14(15)23-6)17(22)25-11(2)16(21)20-18(3,4)5/h9-11H,7-8H2,1-6H3,(H,20,21)/t11-/m1/s1. The highest BCUT2D eigenvalue weighted by Crippen LogP contribution is 2.37. The Hall–Kier alpha value is -1.76. The predicted molar refractivity (Wildman–Crippen MR) is 99.3 cm³/mol. The van der Waals surface area contributed by atoms with Gasteiger partial charge in [-0.2, -0.15) is 0 Å². The van der Waals surface area contributed by atoms with Crippen molar-refractivity contribution in [1.82, 2.24) is 5.32 Å². The summed E-state index contributed by atoms with van der Waals surface area (Å²) in [6.07, 6.45) is -0.0627. The van der Waals surface area contributed by atoms with Gasteiger partial charge in [-0.05, 0) is 62.2 Å². The summed E-state index contributed by atoms with van der Waals surface area (Å²) in [6, 6.07) is 3.12. The van der Waals surface area contributed by atoms with Crippen molar-refractivity contribution in [3.8, 4) is 11.5 Å². The molecular weight excluding hydrogens is 390 g/mol. The molecule has 0 saturated heterocycles. The van der Waals surface area contributed by atoms with Crippen LogP contribution in [0.4, 0.5) is 0 Å². The number of hydrogen-bond acceptors (Lipinski definition) is 5. The Labute approximate surface area is 157 Å². The van der Waals surface area contributed by atoms with Gasteiger partial charge in [0, 0.05) is 5.54 Å². The van der Waals surface area contributed by atoms with Gasteiger partial charge in [-0.3, -0.25) is 4.79 Å². The molecule has 0 saturated carbocycles. The van der Waals surface area contributed by atoms with Gasteiger partial charge in [0.25, 0.3) is 5.91 Å². The van der Waals surface area contributed by atoms with Crippen molar-refractivity contribution in [2.75, 3.05) is 13.7 Å². The summed E-state index contributed by atoms with van der Waals surface area (Å²) in [5.41, 5.74) is -0.134. The van der Waals surface area contributed by atoms with Crippen LogP contribution in [0, 0.1) is 0 Å². The molecule has 0 aromatic heterocycles. The minimum atomic E-state index is -0.910. The van der Waals surface area contributed by atoms with Crippen molar-refractivity contribution in [2.45, 2.75) is 52.7 Å². The molecular formula is C18H26BrNO5. The molecule has 0 fully saturated rings. The topological polar surface area (TPSA) is 73.9 Å². The van der Waals surface area contributed by atoms with Crippen molar-refractivity contribution in [1.29, 1.82) is 0 Å². The lowest BCUT2D eigenvalue weighted by Gasteiger charge is -2.23. The second kappa shape index (κ2) is 9.08. The average Bonchev–Trinajstić information content (AvgIpc) is 2.51. The lowest BCUT2D eigenvalue weighted by atomic mass is 10.1. The zero-order chi connectivity index (χ0) is 19.2. The van der Waals surface area contributed by atoms with Crippen LogP contribution in [0.15, 0.2) is 16.6 Å². The van der Waals surface area contributed by atoms with E-state index >= 15 is 0 Å². The molecule has 0 aliphatic carbocycles. The molecule has 0 heterocycles. The lowest BCUT2D eigenvalue weighted by molar-refractivity contribution is -0.130. The fraction of sp³-hybridized carbons (Fsp3) is 0.556. The molecule has 0 aliphatic rings. The molecule has 1 N–H and O–H groups in total. The number of nitrogens with one attached hydrogen (secondary N) is 1. The molecule has 1 atom stereocenters. The molecule has 1 aromatic carbocycles. The van der Waals surface area contributed by atoms with Crippen LogP contribution in [0.25, 0.3) is 0 Å². The Balaban J connectivity index is 2.91. The Morgan fingerprint density at radius 2 is 1.92 bits per heavy atom. The highest BCUT2D eigenvalue weighted by molar-refractivity contribution is 9.10. The fourth-order valence-corrected chi connectivity index (χ4v) is 2.49. The number of methoxy groups -OCH3 is 1. The van der Waals surface area contributed by atoms with Crippen LogP contribution in [0.5, 0.6) is 11.5 Å². The van der Waals surface area contributed by atoms with E-state index in [4.69, 9.17) is 14.2 Å². The van der Waals surface area contributed by atoms with E-state index in [0.29, 0.717) is 22.6 Å². The van der Waals surface area contributed by atoms with Crippen LogP contribution in [0.2, 0.25) is 0 Å². The molecule has 0 spiro atoms. The molecule has 1 rings (SSSR count). The molecule has 1 amide bonds. The zero-order valence-corrected chi connectivity index (χ0v) is 17.2. The van der Waals surface area contributed by atoms with Gasteiger partial charge in [0.1, 0.15) is 0 Å². The van der Waals surface area contributed by atoms with E-state index in [9.17, 15) is 9.59 Å². The van der Waals surface area contributed by atoms with Crippen molar-refractivity contribution in [3.63, 3.8) is 0 Å². The van der Waals surface area contributed by atoms with Crippen molar-refractivity contribution in [2.24, 2.45) is 0 Å². The minimum Gasteiger partial charge on any atom is -0.493 e. The van der Waals surface area contributed by atoms with E-state index in [0.717, 1.165) is 6.42 Å². The van der Waals surface area contributed by atoms with Gasteiger partial charge in [-0.1, -0.05) is 6.92 Å². The third-order valence-corrected chi connectivity index (χ3v) is 3.66. The molecule has 6 nitrogen and oxygen atoms in total. The van der Waals surface area contributed by atoms with E-state index in [1.807, 2.05) is 27.7 Å². The minimum absolute atomic E-state index is 0.267. The van der Waals surface area contributed by atoms with E-state index in [-0.39, 0.29) is 11.5 Å². The van der Waals surface area contributed by atoms with Crippen molar-refractivity contribution < 1.29 is 23.8 Å². The highest BCUT2D eigenvalue weighted by atomic mass is 79.9. The summed E-state index contributed by atoms with van der Waals surface area (Å²) < 4.78 is 16.8. The van der Waals surface area contributed by atoms with E-state index in [1.54, 1.807) is 6.07 Å². The number of carbonyl (C=O) groups excluding carboxylic acids is 2. The van der Waals surface area contributed by atoms with Crippen LogP contribution in [-0.4, -0.2) is 37.2 Å². The number of carbonyl (C=O) groups is 2. The van der Waals surface area contributed by atoms with Crippen molar-refractivity contribution >= 4 is 27.8 Å². The predicted octanol–water partition coefficient (Wildman–Crippen LogP) is 3.71. The number of benzene rings is 1. The van der Waals surface area contributed by atoms with Gasteiger partial charge >= 0.3 is 5.97 Å². The SMILES string of the molecule is CCCOc1c(Br)cc(C(=O)O[C@H](C)C(=O)NC(C)(C)C)cc1OC. The molecule has 0 radical (unpaired) electrons. The number of halogens is 1. The average molecular weight is 416 g/mol. The van der Waals surface area contributed by atoms with Gasteiger partial charge < -0.3 is 19.5 Å². The molecule has 140 valence electrons. The molecule has 25 heavy (non-hydrogen) atoms. The van der Waals surface area contributed by atoms with Crippen LogP contribution >= 0.6 is 15.9 Å². The monoisotopic (exact) mass is 415 g/mol. The summed E-state index contributed by atoms with van der Waals surface area (Å²) in [6.45, 7) is 9.63. The van der Waals surface area contributed by atoms with Gasteiger partial charge in [0.05, 0.1) is 23.8 Å². The summed E-state index contributed by atoms with van der Waals surface area (Å²) in [4.78, 5) is 24.4. The summed E-state index contributed by atoms with van der Waals surface area (Å²) in [5.74, 6) is -0.0200. The van der Waals surface area contributed by atoms with Crippen LogP contribution in [0.3, 0.4) is 0 Å². The second-order valence-corrected chi connectivity index (χ2v) is 7.48. The molecule has 7 heteroatoms. The van der Waals surface area contributed by atoms with Gasteiger partial charge in [0.15, 0.2) is 17.6 Å². The van der Waals surface area contributed by atoms with E-state index in [1.165, 1.54) is 20.1 Å². The first-order valence-corrected chi connectivity index (χ1v) is 8.91.